The Labute approximate surface area is 143 Å². The molecule has 128 valence electrons. The Bertz CT molecular complexity index is 976. The molecule has 7 heteroatoms. The van der Waals surface area contributed by atoms with E-state index in [9.17, 15) is 14.0 Å². The molecule has 6 nitrogen and oxygen atoms in total. The molecule has 25 heavy (non-hydrogen) atoms. The molecular formula is C18H17FN4O2. The molecule has 2 amide bonds. The molecule has 1 aromatic heterocycles. The van der Waals surface area contributed by atoms with Crippen molar-refractivity contribution < 1.29 is 9.18 Å². The van der Waals surface area contributed by atoms with Crippen LogP contribution < -0.4 is 16.2 Å². The first-order valence-corrected chi connectivity index (χ1v) is 7.65. The van der Waals surface area contributed by atoms with Gasteiger partial charge in [0, 0.05) is 7.05 Å². The first kappa shape index (κ1) is 16.5. The molecule has 0 aliphatic heterocycles. The van der Waals surface area contributed by atoms with Crippen molar-refractivity contribution in [3.8, 4) is 5.69 Å². The van der Waals surface area contributed by atoms with Crippen molar-refractivity contribution in [2.24, 2.45) is 7.05 Å². The van der Waals surface area contributed by atoms with E-state index in [-0.39, 0.29) is 16.9 Å². The molecule has 3 aromatic rings. The number of rotatable bonds is 3. The SMILES string of the molecule is Cc1c(NC(=O)Nc2ccccc2F)c(=O)n(-c2ccccc2)n1C. The molecule has 0 aliphatic rings. The molecule has 2 aromatic carbocycles. The zero-order chi connectivity index (χ0) is 18.0. The van der Waals surface area contributed by atoms with E-state index in [0.29, 0.717) is 11.4 Å². The molecule has 3 rings (SSSR count). The quantitative estimate of drug-likeness (QED) is 0.768. The van der Waals surface area contributed by atoms with Gasteiger partial charge in [-0.2, -0.15) is 0 Å². The fourth-order valence-corrected chi connectivity index (χ4v) is 2.54. The third-order valence-electron chi connectivity index (χ3n) is 3.91. The van der Waals surface area contributed by atoms with Gasteiger partial charge in [-0.15, -0.1) is 0 Å². The summed E-state index contributed by atoms with van der Waals surface area (Å²) in [5, 5.41) is 4.91. The van der Waals surface area contributed by atoms with Crippen LogP contribution in [0, 0.1) is 12.7 Å². The maximum absolute atomic E-state index is 13.6. The summed E-state index contributed by atoms with van der Waals surface area (Å²) in [6.45, 7) is 1.72. The number of benzene rings is 2. The maximum atomic E-state index is 13.6. The molecule has 0 saturated heterocycles. The van der Waals surface area contributed by atoms with Crippen molar-refractivity contribution in [1.29, 1.82) is 0 Å². The largest absolute Gasteiger partial charge is 0.323 e. The van der Waals surface area contributed by atoms with Gasteiger partial charge in [0.1, 0.15) is 11.5 Å². The average Bonchev–Trinajstić information content (AvgIpc) is 2.81. The Balaban J connectivity index is 1.90. The first-order valence-electron chi connectivity index (χ1n) is 7.65. The molecule has 0 unspecified atom stereocenters. The summed E-state index contributed by atoms with van der Waals surface area (Å²) in [6, 6.07) is 14.2. The minimum absolute atomic E-state index is 0.0389. The third-order valence-corrected chi connectivity index (χ3v) is 3.91. The molecule has 0 aliphatic carbocycles. The standard InChI is InChI=1S/C18H17FN4O2/c1-12-16(21-18(25)20-15-11-7-6-10-14(15)19)17(24)23(22(12)2)13-8-4-3-5-9-13/h3-11H,1-2H3,(H2,20,21,25). The average molecular weight is 340 g/mol. The van der Waals surface area contributed by atoms with E-state index < -0.39 is 11.8 Å². The molecule has 2 N–H and O–H groups in total. The second-order valence-electron chi connectivity index (χ2n) is 5.50. The number of hydrogen-bond acceptors (Lipinski definition) is 2. The third kappa shape index (κ3) is 3.16. The van der Waals surface area contributed by atoms with Gasteiger partial charge in [0.2, 0.25) is 0 Å². The monoisotopic (exact) mass is 340 g/mol. The van der Waals surface area contributed by atoms with Crippen molar-refractivity contribution in [2.75, 3.05) is 10.6 Å². The topological polar surface area (TPSA) is 68.1 Å². The summed E-state index contributed by atoms with van der Waals surface area (Å²) in [4.78, 5) is 24.8. The minimum atomic E-state index is -0.684. The second-order valence-corrected chi connectivity index (χ2v) is 5.50. The fraction of sp³-hybridized carbons (Fsp3) is 0.111. The zero-order valence-electron chi connectivity index (χ0n) is 13.8. The summed E-state index contributed by atoms with van der Waals surface area (Å²) in [6.07, 6.45) is 0. The summed E-state index contributed by atoms with van der Waals surface area (Å²) >= 11 is 0. The van der Waals surface area contributed by atoms with E-state index >= 15 is 0 Å². The van der Waals surface area contributed by atoms with Crippen LogP contribution in [-0.2, 0) is 7.05 Å². The molecule has 0 atom stereocenters. The molecule has 0 spiro atoms. The molecular weight excluding hydrogens is 323 g/mol. The smallest absolute Gasteiger partial charge is 0.305 e. The van der Waals surface area contributed by atoms with Crippen molar-refractivity contribution in [3.05, 3.63) is 76.5 Å². The predicted molar refractivity (Wildman–Crippen MR) is 94.8 cm³/mol. The number of hydrogen-bond donors (Lipinski definition) is 2. The van der Waals surface area contributed by atoms with Crippen molar-refractivity contribution in [2.45, 2.75) is 6.92 Å². The lowest BCUT2D eigenvalue weighted by atomic mass is 10.3. The number of amides is 2. The molecule has 0 bridgehead atoms. The van der Waals surface area contributed by atoms with Crippen LogP contribution in [0.4, 0.5) is 20.6 Å². The number of carbonyl (C=O) groups excluding carboxylic acids is 1. The van der Waals surface area contributed by atoms with Crippen LogP contribution in [0.25, 0.3) is 5.69 Å². The molecule has 1 heterocycles. The molecule has 0 saturated carbocycles. The van der Waals surface area contributed by atoms with Crippen LogP contribution in [-0.4, -0.2) is 15.4 Å². The number of para-hydroxylation sites is 2. The highest BCUT2D eigenvalue weighted by Crippen LogP contribution is 2.16. The molecule has 0 fully saturated rings. The van der Waals surface area contributed by atoms with Gasteiger partial charge in [0.05, 0.1) is 17.1 Å². The number of nitrogens with one attached hydrogen (secondary N) is 2. The summed E-state index contributed by atoms with van der Waals surface area (Å²) in [5.41, 5.74) is 1.07. The zero-order valence-corrected chi connectivity index (χ0v) is 13.8. The fourth-order valence-electron chi connectivity index (χ4n) is 2.54. The van der Waals surface area contributed by atoms with E-state index in [1.165, 1.54) is 22.9 Å². The highest BCUT2D eigenvalue weighted by molar-refractivity contribution is 6.00. The van der Waals surface area contributed by atoms with Crippen molar-refractivity contribution >= 4 is 17.4 Å². The number of anilines is 2. The molecule has 0 radical (unpaired) electrons. The van der Waals surface area contributed by atoms with Gasteiger partial charge in [0.25, 0.3) is 5.56 Å². The van der Waals surface area contributed by atoms with Crippen LogP contribution in [0.2, 0.25) is 0 Å². The predicted octanol–water partition coefficient (Wildman–Crippen LogP) is 3.27. The number of urea groups is 1. The van der Waals surface area contributed by atoms with Gasteiger partial charge in [-0.3, -0.25) is 9.48 Å². The lowest BCUT2D eigenvalue weighted by Gasteiger charge is -2.07. The second kappa shape index (κ2) is 6.64. The number of carbonyl (C=O) groups is 1. The lowest BCUT2D eigenvalue weighted by Crippen LogP contribution is -2.25. The van der Waals surface area contributed by atoms with E-state index in [0.717, 1.165) is 0 Å². The van der Waals surface area contributed by atoms with E-state index in [4.69, 9.17) is 0 Å². The summed E-state index contributed by atoms with van der Waals surface area (Å²) < 4.78 is 16.7. The van der Waals surface area contributed by atoms with Crippen LogP contribution in [0.3, 0.4) is 0 Å². The van der Waals surface area contributed by atoms with Gasteiger partial charge >= 0.3 is 6.03 Å². The number of aromatic nitrogens is 2. The van der Waals surface area contributed by atoms with Gasteiger partial charge in [0.15, 0.2) is 0 Å². The van der Waals surface area contributed by atoms with Crippen molar-refractivity contribution in [1.82, 2.24) is 9.36 Å². The highest BCUT2D eigenvalue weighted by atomic mass is 19.1. The first-order chi connectivity index (χ1) is 12.0. The normalized spacial score (nSPS) is 10.5. The van der Waals surface area contributed by atoms with Crippen molar-refractivity contribution in [3.63, 3.8) is 0 Å². The Hall–Kier alpha value is -3.35. The van der Waals surface area contributed by atoms with Gasteiger partial charge in [-0.05, 0) is 31.2 Å². The number of halogens is 1. The Morgan fingerprint density at radius 1 is 1.00 bits per heavy atom. The van der Waals surface area contributed by atoms with E-state index in [1.807, 2.05) is 18.2 Å². The lowest BCUT2D eigenvalue weighted by molar-refractivity contribution is 0.262. The summed E-state index contributed by atoms with van der Waals surface area (Å²) in [7, 11) is 1.73. The van der Waals surface area contributed by atoms with Gasteiger partial charge in [-0.25, -0.2) is 13.9 Å². The highest BCUT2D eigenvalue weighted by Gasteiger charge is 2.18. The van der Waals surface area contributed by atoms with E-state index in [2.05, 4.69) is 10.6 Å². The van der Waals surface area contributed by atoms with E-state index in [1.54, 1.807) is 36.9 Å². The Kier molecular flexibility index (Phi) is 4.38. The summed E-state index contributed by atoms with van der Waals surface area (Å²) in [5.74, 6) is -0.552. The maximum Gasteiger partial charge on any atom is 0.323 e. The number of nitrogens with zero attached hydrogens (tertiary/aromatic N) is 2. The Morgan fingerprint density at radius 3 is 2.32 bits per heavy atom. The van der Waals surface area contributed by atoms with Crippen LogP contribution in [0.15, 0.2) is 59.4 Å². The van der Waals surface area contributed by atoms with Gasteiger partial charge < -0.3 is 10.6 Å². The van der Waals surface area contributed by atoms with Crippen LogP contribution in [0.5, 0.6) is 0 Å². The van der Waals surface area contributed by atoms with Crippen LogP contribution >= 0.6 is 0 Å². The minimum Gasteiger partial charge on any atom is -0.305 e. The Morgan fingerprint density at radius 2 is 1.64 bits per heavy atom. The van der Waals surface area contributed by atoms with Gasteiger partial charge in [-0.1, -0.05) is 30.3 Å². The van der Waals surface area contributed by atoms with Crippen LogP contribution in [0.1, 0.15) is 5.69 Å².